The molecule has 5 nitrogen and oxygen atoms in total. The highest BCUT2D eigenvalue weighted by Crippen LogP contribution is 2.20. The predicted molar refractivity (Wildman–Crippen MR) is 77.6 cm³/mol. The van der Waals surface area contributed by atoms with Crippen molar-refractivity contribution in [1.82, 2.24) is 9.97 Å². The molecule has 0 atom stereocenters. The predicted octanol–water partition coefficient (Wildman–Crippen LogP) is 1.84. The van der Waals surface area contributed by atoms with Crippen LogP contribution in [0.5, 0.6) is 0 Å². The van der Waals surface area contributed by atoms with Crippen LogP contribution in [0.4, 0.5) is 11.6 Å². The van der Waals surface area contributed by atoms with E-state index in [4.69, 9.17) is 5.11 Å². The topological polar surface area (TPSA) is 61.3 Å². The van der Waals surface area contributed by atoms with E-state index in [0.29, 0.717) is 6.54 Å². The fraction of sp³-hybridized carbons (Fsp3) is 0.667. The van der Waals surface area contributed by atoms with Crippen LogP contribution >= 0.6 is 11.8 Å². The molecular weight excluding hydrogens is 248 g/mol. The normalized spacial score (nSPS) is 10.4. The first kappa shape index (κ1) is 15.0. The maximum absolute atomic E-state index is 9.06. The smallest absolute Gasteiger partial charge is 0.191 e. The molecule has 1 aromatic rings. The molecule has 0 unspecified atom stereocenters. The van der Waals surface area contributed by atoms with Gasteiger partial charge in [-0.15, -0.1) is 0 Å². The molecular formula is C12H22N4OS. The number of aromatic nitrogens is 2. The van der Waals surface area contributed by atoms with Crippen molar-refractivity contribution in [3.05, 3.63) is 6.07 Å². The molecule has 18 heavy (non-hydrogen) atoms. The average molecular weight is 270 g/mol. The zero-order valence-electron chi connectivity index (χ0n) is 11.3. The van der Waals surface area contributed by atoms with Gasteiger partial charge in [-0.1, -0.05) is 18.7 Å². The third kappa shape index (κ3) is 4.34. The van der Waals surface area contributed by atoms with Gasteiger partial charge >= 0.3 is 0 Å². The van der Waals surface area contributed by atoms with Crippen molar-refractivity contribution in [1.29, 1.82) is 0 Å². The molecule has 0 aliphatic heterocycles. The molecule has 0 aromatic carbocycles. The summed E-state index contributed by atoms with van der Waals surface area (Å²) in [4.78, 5) is 10.9. The first-order valence-corrected chi connectivity index (χ1v) is 7.50. The second-order valence-electron chi connectivity index (χ2n) is 3.83. The van der Waals surface area contributed by atoms with Gasteiger partial charge in [0, 0.05) is 25.7 Å². The largest absolute Gasteiger partial charge is 0.395 e. The molecule has 102 valence electrons. The Kier molecular flexibility index (Phi) is 6.82. The van der Waals surface area contributed by atoms with Crippen molar-refractivity contribution in [2.75, 3.05) is 42.7 Å². The zero-order valence-corrected chi connectivity index (χ0v) is 12.1. The number of rotatable bonds is 8. The molecule has 0 radical (unpaired) electrons. The molecule has 0 aliphatic rings. The van der Waals surface area contributed by atoms with Crippen LogP contribution in [0.15, 0.2) is 11.2 Å². The highest BCUT2D eigenvalue weighted by molar-refractivity contribution is 7.98. The third-order valence-corrected chi connectivity index (χ3v) is 3.05. The number of aliphatic hydroxyl groups is 1. The van der Waals surface area contributed by atoms with Gasteiger partial charge in [-0.3, -0.25) is 0 Å². The van der Waals surface area contributed by atoms with E-state index in [0.717, 1.165) is 36.3 Å². The lowest BCUT2D eigenvalue weighted by Gasteiger charge is -2.21. The van der Waals surface area contributed by atoms with E-state index in [1.54, 1.807) is 0 Å². The first-order chi connectivity index (χ1) is 8.74. The van der Waals surface area contributed by atoms with Crippen molar-refractivity contribution >= 4 is 23.4 Å². The lowest BCUT2D eigenvalue weighted by atomic mass is 10.4. The van der Waals surface area contributed by atoms with Crippen molar-refractivity contribution < 1.29 is 5.11 Å². The van der Waals surface area contributed by atoms with Gasteiger partial charge < -0.3 is 15.3 Å². The summed E-state index contributed by atoms with van der Waals surface area (Å²) in [7, 11) is 0. The Morgan fingerprint density at radius 1 is 1.39 bits per heavy atom. The van der Waals surface area contributed by atoms with E-state index in [1.807, 2.05) is 17.2 Å². The number of hydrogen-bond donors (Lipinski definition) is 2. The number of thioether (sulfide) groups is 1. The molecule has 1 rings (SSSR count). The fourth-order valence-corrected chi connectivity index (χ4v) is 1.94. The standard InChI is InChI=1S/C12H22N4OS/c1-4-6-13-10-9-11(15-12(14-10)18-3)16(5-2)7-8-17/h9,17H,4-8H2,1-3H3,(H,13,14,15). The number of likely N-dealkylation sites (N-methyl/N-ethyl adjacent to an activating group) is 1. The van der Waals surface area contributed by atoms with E-state index in [2.05, 4.69) is 29.1 Å². The van der Waals surface area contributed by atoms with Crippen LogP contribution in [0.2, 0.25) is 0 Å². The lowest BCUT2D eigenvalue weighted by Crippen LogP contribution is -2.27. The van der Waals surface area contributed by atoms with Crippen LogP contribution in [0.3, 0.4) is 0 Å². The minimum atomic E-state index is 0.129. The summed E-state index contributed by atoms with van der Waals surface area (Å²) >= 11 is 1.53. The van der Waals surface area contributed by atoms with Gasteiger partial charge in [0.05, 0.1) is 6.61 Å². The summed E-state index contributed by atoms with van der Waals surface area (Å²) in [6, 6.07) is 1.94. The van der Waals surface area contributed by atoms with Crippen LogP contribution in [0.25, 0.3) is 0 Å². The van der Waals surface area contributed by atoms with Crippen molar-refractivity contribution in [2.45, 2.75) is 25.4 Å². The Labute approximate surface area is 113 Å². The summed E-state index contributed by atoms with van der Waals surface area (Å²) in [6.07, 6.45) is 3.02. The number of nitrogens with one attached hydrogen (secondary N) is 1. The Hall–Kier alpha value is -1.01. The van der Waals surface area contributed by atoms with Crippen molar-refractivity contribution in [3.63, 3.8) is 0 Å². The molecule has 0 fully saturated rings. The van der Waals surface area contributed by atoms with Crippen LogP contribution < -0.4 is 10.2 Å². The number of nitrogens with zero attached hydrogens (tertiary/aromatic N) is 3. The van der Waals surface area contributed by atoms with Gasteiger partial charge in [-0.25, -0.2) is 9.97 Å². The summed E-state index contributed by atoms with van der Waals surface area (Å²) in [5.41, 5.74) is 0. The maximum atomic E-state index is 9.06. The van der Waals surface area contributed by atoms with Gasteiger partial charge in [0.2, 0.25) is 0 Å². The molecule has 2 N–H and O–H groups in total. The highest BCUT2D eigenvalue weighted by Gasteiger charge is 2.09. The van der Waals surface area contributed by atoms with E-state index in [1.165, 1.54) is 11.8 Å². The van der Waals surface area contributed by atoms with Crippen LogP contribution in [-0.4, -0.2) is 47.6 Å². The Morgan fingerprint density at radius 2 is 2.17 bits per heavy atom. The van der Waals surface area contributed by atoms with Gasteiger partial charge in [-0.05, 0) is 19.6 Å². The monoisotopic (exact) mass is 270 g/mol. The number of aliphatic hydroxyl groups excluding tert-OH is 1. The van der Waals surface area contributed by atoms with E-state index < -0.39 is 0 Å². The first-order valence-electron chi connectivity index (χ1n) is 6.27. The molecule has 1 aromatic heterocycles. The number of anilines is 2. The van der Waals surface area contributed by atoms with E-state index in [9.17, 15) is 0 Å². The molecule has 0 bridgehead atoms. The highest BCUT2D eigenvalue weighted by atomic mass is 32.2. The Morgan fingerprint density at radius 3 is 2.72 bits per heavy atom. The second kappa shape index (κ2) is 8.16. The molecule has 1 heterocycles. The van der Waals surface area contributed by atoms with E-state index in [-0.39, 0.29) is 6.61 Å². The Bertz CT molecular complexity index is 362. The van der Waals surface area contributed by atoms with Gasteiger partial charge in [0.15, 0.2) is 5.16 Å². The molecule has 0 amide bonds. The van der Waals surface area contributed by atoms with Gasteiger partial charge in [0.1, 0.15) is 11.6 Å². The van der Waals surface area contributed by atoms with Crippen LogP contribution in [0.1, 0.15) is 20.3 Å². The quantitative estimate of drug-likeness (QED) is 0.555. The van der Waals surface area contributed by atoms with Gasteiger partial charge in [-0.2, -0.15) is 0 Å². The summed E-state index contributed by atoms with van der Waals surface area (Å²) in [6.45, 7) is 6.61. The second-order valence-corrected chi connectivity index (χ2v) is 4.60. The fourth-order valence-electron chi connectivity index (χ4n) is 1.57. The van der Waals surface area contributed by atoms with E-state index >= 15 is 0 Å². The van der Waals surface area contributed by atoms with Crippen LogP contribution in [0, 0.1) is 0 Å². The summed E-state index contributed by atoms with van der Waals surface area (Å²) < 4.78 is 0. The Balaban J connectivity index is 2.94. The van der Waals surface area contributed by atoms with Crippen molar-refractivity contribution in [2.24, 2.45) is 0 Å². The summed E-state index contributed by atoms with van der Waals surface area (Å²) in [5.74, 6) is 1.71. The van der Waals surface area contributed by atoms with Crippen LogP contribution in [-0.2, 0) is 0 Å². The third-order valence-electron chi connectivity index (χ3n) is 2.51. The van der Waals surface area contributed by atoms with Gasteiger partial charge in [0.25, 0.3) is 0 Å². The average Bonchev–Trinajstić information content (AvgIpc) is 2.42. The zero-order chi connectivity index (χ0) is 13.4. The molecule has 0 saturated heterocycles. The molecule has 0 saturated carbocycles. The van der Waals surface area contributed by atoms with Crippen molar-refractivity contribution in [3.8, 4) is 0 Å². The molecule has 6 heteroatoms. The minimum absolute atomic E-state index is 0.129. The SMILES string of the molecule is CCCNc1cc(N(CC)CCO)nc(SC)n1. The lowest BCUT2D eigenvalue weighted by molar-refractivity contribution is 0.302. The maximum Gasteiger partial charge on any atom is 0.191 e. The summed E-state index contributed by atoms with van der Waals surface area (Å²) in [5, 5.41) is 13.1. The molecule has 0 aliphatic carbocycles. The molecule has 0 spiro atoms. The minimum Gasteiger partial charge on any atom is -0.395 e. The number of hydrogen-bond acceptors (Lipinski definition) is 6.